The van der Waals surface area contributed by atoms with Crippen LogP contribution < -0.4 is 10.6 Å². The SMILES string of the molecule is C#CCCNC(=O)C1(CC)CCCN1. The Morgan fingerprint density at radius 3 is 3.00 bits per heavy atom. The summed E-state index contributed by atoms with van der Waals surface area (Å²) in [6, 6.07) is 0. The first-order chi connectivity index (χ1) is 6.75. The predicted molar refractivity (Wildman–Crippen MR) is 56.7 cm³/mol. The van der Waals surface area contributed by atoms with E-state index in [9.17, 15) is 4.79 Å². The summed E-state index contributed by atoms with van der Waals surface area (Å²) >= 11 is 0. The van der Waals surface area contributed by atoms with Crippen molar-refractivity contribution in [2.24, 2.45) is 0 Å². The highest BCUT2D eigenvalue weighted by Crippen LogP contribution is 2.22. The maximum Gasteiger partial charge on any atom is 0.240 e. The van der Waals surface area contributed by atoms with Crippen LogP contribution in [0, 0.1) is 12.3 Å². The Bertz CT molecular complexity index is 236. The molecular formula is C11H18N2O. The first-order valence-electron chi connectivity index (χ1n) is 5.22. The number of terminal acetylenes is 1. The third-order valence-corrected chi connectivity index (χ3v) is 2.84. The molecule has 3 nitrogen and oxygen atoms in total. The Labute approximate surface area is 85.6 Å². The molecule has 2 N–H and O–H groups in total. The minimum absolute atomic E-state index is 0.104. The van der Waals surface area contributed by atoms with Gasteiger partial charge in [-0.1, -0.05) is 6.92 Å². The van der Waals surface area contributed by atoms with Crippen molar-refractivity contribution in [3.63, 3.8) is 0 Å². The Kier molecular flexibility index (Phi) is 3.97. The number of amides is 1. The zero-order valence-electron chi connectivity index (χ0n) is 8.73. The third kappa shape index (κ3) is 2.27. The van der Waals surface area contributed by atoms with Gasteiger partial charge in [-0.2, -0.15) is 0 Å². The van der Waals surface area contributed by atoms with Crippen LogP contribution in [-0.2, 0) is 4.79 Å². The van der Waals surface area contributed by atoms with Crippen molar-refractivity contribution in [2.75, 3.05) is 13.1 Å². The normalized spacial score (nSPS) is 25.7. The van der Waals surface area contributed by atoms with Gasteiger partial charge in [-0.25, -0.2) is 0 Å². The molecule has 1 fully saturated rings. The fourth-order valence-electron chi connectivity index (χ4n) is 1.88. The lowest BCUT2D eigenvalue weighted by Gasteiger charge is -2.26. The highest BCUT2D eigenvalue weighted by atomic mass is 16.2. The van der Waals surface area contributed by atoms with E-state index < -0.39 is 0 Å². The molecule has 1 rings (SSSR count). The average molecular weight is 194 g/mol. The molecule has 1 amide bonds. The van der Waals surface area contributed by atoms with Gasteiger partial charge in [-0.05, 0) is 25.8 Å². The fraction of sp³-hybridized carbons (Fsp3) is 0.727. The molecule has 78 valence electrons. The van der Waals surface area contributed by atoms with Crippen molar-refractivity contribution in [3.8, 4) is 12.3 Å². The molecule has 0 bridgehead atoms. The van der Waals surface area contributed by atoms with E-state index in [0.29, 0.717) is 13.0 Å². The van der Waals surface area contributed by atoms with Gasteiger partial charge in [0.15, 0.2) is 0 Å². The number of carbonyl (C=O) groups excluding carboxylic acids is 1. The van der Waals surface area contributed by atoms with Crippen LogP contribution in [0.2, 0.25) is 0 Å². The third-order valence-electron chi connectivity index (χ3n) is 2.84. The smallest absolute Gasteiger partial charge is 0.240 e. The van der Waals surface area contributed by atoms with Crippen LogP contribution in [-0.4, -0.2) is 24.5 Å². The molecule has 0 aromatic heterocycles. The van der Waals surface area contributed by atoms with Gasteiger partial charge in [-0.15, -0.1) is 12.3 Å². The van der Waals surface area contributed by atoms with Gasteiger partial charge in [0.05, 0.1) is 5.54 Å². The van der Waals surface area contributed by atoms with Crippen molar-refractivity contribution in [2.45, 2.75) is 38.1 Å². The van der Waals surface area contributed by atoms with Crippen LogP contribution in [0.25, 0.3) is 0 Å². The summed E-state index contributed by atoms with van der Waals surface area (Å²) in [5.41, 5.74) is -0.325. The van der Waals surface area contributed by atoms with E-state index in [1.165, 1.54) is 0 Å². The largest absolute Gasteiger partial charge is 0.354 e. The minimum Gasteiger partial charge on any atom is -0.354 e. The molecule has 1 atom stereocenters. The molecule has 3 heteroatoms. The van der Waals surface area contributed by atoms with Gasteiger partial charge in [0.2, 0.25) is 5.91 Å². The monoisotopic (exact) mass is 194 g/mol. The lowest BCUT2D eigenvalue weighted by molar-refractivity contribution is -0.127. The molecule has 1 heterocycles. The van der Waals surface area contributed by atoms with Crippen molar-refractivity contribution in [3.05, 3.63) is 0 Å². The standard InChI is InChI=1S/C11H18N2O/c1-3-5-8-12-10(14)11(4-2)7-6-9-13-11/h1,13H,4-9H2,2H3,(H,12,14). The highest BCUT2D eigenvalue weighted by molar-refractivity contribution is 5.86. The molecular weight excluding hydrogens is 176 g/mol. The predicted octanol–water partition coefficient (Wildman–Crippen LogP) is 0.658. The molecule has 0 aromatic rings. The fourth-order valence-corrected chi connectivity index (χ4v) is 1.88. The van der Waals surface area contributed by atoms with Gasteiger partial charge in [0.25, 0.3) is 0 Å². The van der Waals surface area contributed by atoms with Gasteiger partial charge >= 0.3 is 0 Å². The molecule has 0 radical (unpaired) electrons. The summed E-state index contributed by atoms with van der Waals surface area (Å²) in [5.74, 6) is 2.61. The van der Waals surface area contributed by atoms with Crippen LogP contribution in [0.15, 0.2) is 0 Å². The number of hydrogen-bond acceptors (Lipinski definition) is 2. The number of carbonyl (C=O) groups is 1. The van der Waals surface area contributed by atoms with Gasteiger partial charge in [-0.3, -0.25) is 4.79 Å². The first-order valence-corrected chi connectivity index (χ1v) is 5.22. The number of rotatable bonds is 4. The quantitative estimate of drug-likeness (QED) is 0.510. The molecule has 1 unspecified atom stereocenters. The molecule has 0 spiro atoms. The lowest BCUT2D eigenvalue weighted by atomic mass is 9.93. The second kappa shape index (κ2) is 5.02. The first kappa shape index (κ1) is 11.1. The van der Waals surface area contributed by atoms with Gasteiger partial charge in [0.1, 0.15) is 0 Å². The van der Waals surface area contributed by atoms with Crippen LogP contribution in [0.3, 0.4) is 0 Å². The van der Waals surface area contributed by atoms with Crippen molar-refractivity contribution in [1.29, 1.82) is 0 Å². The van der Waals surface area contributed by atoms with E-state index in [0.717, 1.165) is 25.8 Å². The zero-order valence-corrected chi connectivity index (χ0v) is 8.73. The lowest BCUT2D eigenvalue weighted by Crippen LogP contribution is -2.53. The van der Waals surface area contributed by atoms with Crippen LogP contribution in [0.4, 0.5) is 0 Å². The Hall–Kier alpha value is -1.01. The Morgan fingerprint density at radius 1 is 1.71 bits per heavy atom. The second-order valence-corrected chi connectivity index (χ2v) is 3.68. The van der Waals surface area contributed by atoms with E-state index in [1.54, 1.807) is 0 Å². The van der Waals surface area contributed by atoms with E-state index in [1.807, 2.05) is 6.92 Å². The summed E-state index contributed by atoms with van der Waals surface area (Å²) < 4.78 is 0. The van der Waals surface area contributed by atoms with Crippen molar-refractivity contribution in [1.82, 2.24) is 10.6 Å². The number of nitrogens with one attached hydrogen (secondary N) is 2. The summed E-state index contributed by atoms with van der Waals surface area (Å²) in [6.07, 6.45) is 8.58. The molecule has 1 aliphatic heterocycles. The maximum atomic E-state index is 11.8. The molecule has 0 aliphatic carbocycles. The molecule has 14 heavy (non-hydrogen) atoms. The molecule has 0 aromatic carbocycles. The molecule has 1 saturated heterocycles. The van der Waals surface area contributed by atoms with Crippen molar-refractivity contribution < 1.29 is 4.79 Å². The topological polar surface area (TPSA) is 41.1 Å². The highest BCUT2D eigenvalue weighted by Gasteiger charge is 2.38. The van der Waals surface area contributed by atoms with Crippen LogP contribution in [0.5, 0.6) is 0 Å². The van der Waals surface area contributed by atoms with Gasteiger partial charge < -0.3 is 10.6 Å². The van der Waals surface area contributed by atoms with Crippen LogP contribution in [0.1, 0.15) is 32.6 Å². The Morgan fingerprint density at radius 2 is 2.50 bits per heavy atom. The van der Waals surface area contributed by atoms with Crippen molar-refractivity contribution >= 4 is 5.91 Å². The molecule has 0 saturated carbocycles. The minimum atomic E-state index is -0.325. The summed E-state index contributed by atoms with van der Waals surface area (Å²) in [5, 5.41) is 6.16. The Balaban J connectivity index is 2.44. The average Bonchev–Trinajstić information content (AvgIpc) is 2.67. The summed E-state index contributed by atoms with van der Waals surface area (Å²) in [4.78, 5) is 11.8. The summed E-state index contributed by atoms with van der Waals surface area (Å²) in [6.45, 7) is 3.56. The van der Waals surface area contributed by atoms with E-state index in [2.05, 4.69) is 16.6 Å². The zero-order chi connectivity index (χ0) is 10.4. The summed E-state index contributed by atoms with van der Waals surface area (Å²) in [7, 11) is 0. The molecule has 1 aliphatic rings. The van der Waals surface area contributed by atoms with E-state index in [4.69, 9.17) is 6.42 Å². The number of hydrogen-bond donors (Lipinski definition) is 2. The second-order valence-electron chi connectivity index (χ2n) is 3.68. The van der Waals surface area contributed by atoms with E-state index >= 15 is 0 Å². The van der Waals surface area contributed by atoms with Crippen LogP contribution >= 0.6 is 0 Å². The maximum absolute atomic E-state index is 11.8. The van der Waals surface area contributed by atoms with E-state index in [-0.39, 0.29) is 11.4 Å². The van der Waals surface area contributed by atoms with Gasteiger partial charge in [0, 0.05) is 13.0 Å².